The number of nitrogens with zero attached hydrogens (tertiary/aromatic N) is 1. The van der Waals surface area contributed by atoms with Crippen LogP contribution in [-0.2, 0) is 9.59 Å². The highest BCUT2D eigenvalue weighted by Gasteiger charge is 2.18. The first kappa shape index (κ1) is 12.4. The Bertz CT molecular complexity index is 420. The molecule has 2 rings (SSSR count). The van der Waals surface area contributed by atoms with Crippen molar-refractivity contribution in [1.29, 1.82) is 0 Å². The van der Waals surface area contributed by atoms with E-state index >= 15 is 0 Å². The van der Waals surface area contributed by atoms with E-state index in [0.717, 1.165) is 12.1 Å². The molecule has 96 valence electrons. The lowest BCUT2D eigenvalue weighted by Gasteiger charge is -2.19. The average molecular weight is 247 g/mol. The van der Waals surface area contributed by atoms with E-state index in [-0.39, 0.29) is 24.9 Å². The van der Waals surface area contributed by atoms with Gasteiger partial charge in [0.05, 0.1) is 13.1 Å². The minimum absolute atomic E-state index is 0.0455. The standard InChI is InChI=1S/C13H17N3O2/c17-12-10-16(8-4-7-14-12)13(18)9-15-11-5-2-1-3-6-11/h1-3,5-6,15H,4,7-10H2,(H,14,17). The summed E-state index contributed by atoms with van der Waals surface area (Å²) in [5.41, 5.74) is 0.908. The number of carbonyl (C=O) groups excluding carboxylic acids is 2. The molecule has 1 heterocycles. The van der Waals surface area contributed by atoms with Gasteiger partial charge in [-0.05, 0) is 18.6 Å². The summed E-state index contributed by atoms with van der Waals surface area (Å²) in [6.07, 6.45) is 0.808. The normalized spacial score (nSPS) is 15.8. The Morgan fingerprint density at radius 3 is 2.89 bits per heavy atom. The Balaban J connectivity index is 1.85. The molecule has 1 aromatic carbocycles. The number of nitrogens with one attached hydrogen (secondary N) is 2. The van der Waals surface area contributed by atoms with Crippen LogP contribution in [0.25, 0.3) is 0 Å². The molecule has 5 nitrogen and oxygen atoms in total. The van der Waals surface area contributed by atoms with Crippen LogP contribution in [0, 0.1) is 0 Å². The van der Waals surface area contributed by atoms with Gasteiger partial charge in [-0.15, -0.1) is 0 Å². The molecule has 5 heteroatoms. The molecule has 0 unspecified atom stereocenters. The third-order valence-corrected chi connectivity index (χ3v) is 2.83. The molecule has 0 spiro atoms. The lowest BCUT2D eigenvalue weighted by molar-refractivity contribution is -0.133. The number of benzene rings is 1. The van der Waals surface area contributed by atoms with Gasteiger partial charge < -0.3 is 15.5 Å². The van der Waals surface area contributed by atoms with Crippen molar-refractivity contribution in [2.75, 3.05) is 31.5 Å². The van der Waals surface area contributed by atoms with Gasteiger partial charge in [0.25, 0.3) is 0 Å². The predicted octanol–water partition coefficient (Wildman–Crippen LogP) is 0.447. The van der Waals surface area contributed by atoms with Crippen LogP contribution in [0.4, 0.5) is 5.69 Å². The van der Waals surface area contributed by atoms with Crippen LogP contribution in [0.2, 0.25) is 0 Å². The highest BCUT2D eigenvalue weighted by molar-refractivity contribution is 5.87. The molecule has 0 bridgehead atoms. The van der Waals surface area contributed by atoms with E-state index in [1.807, 2.05) is 30.3 Å². The van der Waals surface area contributed by atoms with Crippen molar-refractivity contribution in [3.63, 3.8) is 0 Å². The smallest absolute Gasteiger partial charge is 0.242 e. The van der Waals surface area contributed by atoms with Gasteiger partial charge in [0.2, 0.25) is 11.8 Å². The third-order valence-electron chi connectivity index (χ3n) is 2.83. The zero-order chi connectivity index (χ0) is 12.8. The van der Waals surface area contributed by atoms with E-state index in [9.17, 15) is 9.59 Å². The Hall–Kier alpha value is -2.04. The summed E-state index contributed by atoms with van der Waals surface area (Å²) in [7, 11) is 0. The molecule has 1 aromatic rings. The van der Waals surface area contributed by atoms with Crippen molar-refractivity contribution in [2.45, 2.75) is 6.42 Å². The third kappa shape index (κ3) is 3.48. The molecule has 2 amide bonds. The fourth-order valence-corrected chi connectivity index (χ4v) is 1.86. The first-order valence-corrected chi connectivity index (χ1v) is 6.09. The quantitative estimate of drug-likeness (QED) is 0.815. The van der Waals surface area contributed by atoms with Gasteiger partial charge in [-0.25, -0.2) is 0 Å². The summed E-state index contributed by atoms with van der Waals surface area (Å²) in [6, 6.07) is 9.55. The fourth-order valence-electron chi connectivity index (χ4n) is 1.86. The van der Waals surface area contributed by atoms with E-state index < -0.39 is 0 Å². The summed E-state index contributed by atoms with van der Waals surface area (Å²) in [5.74, 6) is -0.128. The molecule has 1 saturated heterocycles. The molecule has 0 atom stereocenters. The molecule has 1 fully saturated rings. The Morgan fingerprint density at radius 1 is 1.33 bits per heavy atom. The highest BCUT2D eigenvalue weighted by Crippen LogP contribution is 2.05. The minimum Gasteiger partial charge on any atom is -0.376 e. The minimum atomic E-state index is -0.0828. The van der Waals surface area contributed by atoms with Crippen LogP contribution in [0.5, 0.6) is 0 Å². The van der Waals surface area contributed by atoms with Crippen LogP contribution < -0.4 is 10.6 Å². The lowest BCUT2D eigenvalue weighted by Crippen LogP contribution is -2.40. The number of carbonyl (C=O) groups is 2. The molecule has 1 aliphatic rings. The maximum Gasteiger partial charge on any atom is 0.242 e. The van der Waals surface area contributed by atoms with Gasteiger partial charge in [0.15, 0.2) is 0 Å². The number of hydrogen-bond acceptors (Lipinski definition) is 3. The van der Waals surface area contributed by atoms with E-state index in [0.29, 0.717) is 13.1 Å². The number of rotatable bonds is 3. The molecular formula is C13H17N3O2. The van der Waals surface area contributed by atoms with E-state index in [4.69, 9.17) is 0 Å². The molecule has 0 saturated carbocycles. The van der Waals surface area contributed by atoms with Crippen LogP contribution in [-0.4, -0.2) is 42.9 Å². The maximum atomic E-state index is 12.0. The number of amides is 2. The van der Waals surface area contributed by atoms with Gasteiger partial charge in [-0.3, -0.25) is 9.59 Å². The fraction of sp³-hybridized carbons (Fsp3) is 0.385. The first-order valence-electron chi connectivity index (χ1n) is 6.09. The van der Waals surface area contributed by atoms with Crippen LogP contribution in [0.3, 0.4) is 0 Å². The SMILES string of the molecule is O=C1CN(C(=O)CNc2ccccc2)CCCN1. The predicted molar refractivity (Wildman–Crippen MR) is 69.1 cm³/mol. The molecule has 0 radical (unpaired) electrons. The second kappa shape index (κ2) is 6.05. The van der Waals surface area contributed by atoms with Gasteiger partial charge in [-0.2, -0.15) is 0 Å². The number of para-hydroxylation sites is 1. The number of hydrogen-bond donors (Lipinski definition) is 2. The molecule has 2 N–H and O–H groups in total. The maximum absolute atomic E-state index is 12.0. The van der Waals surface area contributed by atoms with Crippen molar-refractivity contribution in [2.24, 2.45) is 0 Å². The molecule has 0 aromatic heterocycles. The highest BCUT2D eigenvalue weighted by atomic mass is 16.2. The van der Waals surface area contributed by atoms with E-state index in [2.05, 4.69) is 10.6 Å². The van der Waals surface area contributed by atoms with Crippen molar-refractivity contribution >= 4 is 17.5 Å². The summed E-state index contributed by atoms with van der Waals surface area (Å²) in [6.45, 7) is 1.66. The number of anilines is 1. The second-order valence-electron chi connectivity index (χ2n) is 4.24. The first-order chi connectivity index (χ1) is 8.75. The lowest BCUT2D eigenvalue weighted by atomic mass is 10.3. The Kier molecular flexibility index (Phi) is 4.17. The average Bonchev–Trinajstić information content (AvgIpc) is 2.62. The molecule has 1 aliphatic heterocycles. The summed E-state index contributed by atoms with van der Waals surface area (Å²) in [4.78, 5) is 24.9. The zero-order valence-electron chi connectivity index (χ0n) is 10.2. The van der Waals surface area contributed by atoms with Gasteiger partial charge >= 0.3 is 0 Å². The second-order valence-corrected chi connectivity index (χ2v) is 4.24. The monoisotopic (exact) mass is 247 g/mol. The molecule has 0 aliphatic carbocycles. The molecular weight excluding hydrogens is 230 g/mol. The summed E-state index contributed by atoms with van der Waals surface area (Å²) >= 11 is 0. The van der Waals surface area contributed by atoms with Crippen molar-refractivity contribution < 1.29 is 9.59 Å². The van der Waals surface area contributed by atoms with Crippen molar-refractivity contribution in [3.8, 4) is 0 Å². The van der Waals surface area contributed by atoms with E-state index in [1.54, 1.807) is 4.90 Å². The Morgan fingerprint density at radius 2 is 2.11 bits per heavy atom. The van der Waals surface area contributed by atoms with Crippen LogP contribution in [0.1, 0.15) is 6.42 Å². The van der Waals surface area contributed by atoms with Crippen LogP contribution >= 0.6 is 0 Å². The Labute approximate surface area is 106 Å². The van der Waals surface area contributed by atoms with E-state index in [1.165, 1.54) is 0 Å². The van der Waals surface area contributed by atoms with Crippen molar-refractivity contribution in [3.05, 3.63) is 30.3 Å². The topological polar surface area (TPSA) is 61.4 Å². The summed E-state index contributed by atoms with van der Waals surface area (Å²) in [5, 5.41) is 5.80. The van der Waals surface area contributed by atoms with Gasteiger partial charge in [0, 0.05) is 18.8 Å². The van der Waals surface area contributed by atoms with Gasteiger partial charge in [0.1, 0.15) is 0 Å². The largest absolute Gasteiger partial charge is 0.376 e. The molecule has 18 heavy (non-hydrogen) atoms. The van der Waals surface area contributed by atoms with Gasteiger partial charge in [-0.1, -0.05) is 18.2 Å². The zero-order valence-corrected chi connectivity index (χ0v) is 10.2. The van der Waals surface area contributed by atoms with Crippen LogP contribution in [0.15, 0.2) is 30.3 Å². The van der Waals surface area contributed by atoms with Crippen molar-refractivity contribution in [1.82, 2.24) is 10.2 Å². The summed E-state index contributed by atoms with van der Waals surface area (Å²) < 4.78 is 0.